The molecule has 1 saturated carbocycles. The topological polar surface area (TPSA) is 236 Å². The van der Waals surface area contributed by atoms with E-state index in [0.29, 0.717) is 11.2 Å². The van der Waals surface area contributed by atoms with Gasteiger partial charge in [-0.05, 0) is 24.4 Å². The van der Waals surface area contributed by atoms with E-state index in [1.807, 2.05) is 0 Å². The van der Waals surface area contributed by atoms with Crippen LogP contribution in [0.3, 0.4) is 0 Å². The van der Waals surface area contributed by atoms with Gasteiger partial charge in [0.2, 0.25) is 5.28 Å². The van der Waals surface area contributed by atoms with Gasteiger partial charge in [-0.25, -0.2) is 4.68 Å². The Hall–Kier alpha value is -2.34. The van der Waals surface area contributed by atoms with Gasteiger partial charge in [-0.2, -0.15) is 20.3 Å². The molecule has 19 heteroatoms. The molecule has 3 aromatic rings. The SMILES string of the molecule is COC[C@](Cc1nn[nH]n1)(OC[C@H]1O[C@@H](n2ncc3c(NC4CCCC4)nc(Cl)nc32)[C@H](O)[C@@H]1O)P(=O)(O)O. The van der Waals surface area contributed by atoms with Crippen molar-refractivity contribution in [2.24, 2.45) is 0 Å². The smallest absolute Gasteiger partial charge is 0.359 e. The quantitative estimate of drug-likeness (QED) is 0.125. The van der Waals surface area contributed by atoms with Crippen molar-refractivity contribution in [2.45, 2.75) is 68.0 Å². The Kier molecular flexibility index (Phi) is 8.15. The van der Waals surface area contributed by atoms with Gasteiger partial charge in [0, 0.05) is 13.2 Å². The maximum Gasteiger partial charge on any atom is 0.359 e. The first-order valence-corrected chi connectivity index (χ1v) is 14.2. The van der Waals surface area contributed by atoms with Gasteiger partial charge in [-0.3, -0.25) is 4.57 Å². The highest BCUT2D eigenvalue weighted by Gasteiger charge is 2.52. The second-order valence-corrected chi connectivity index (χ2v) is 11.8. The number of nitrogens with one attached hydrogen (secondary N) is 2. The lowest BCUT2D eigenvalue weighted by molar-refractivity contribution is -0.113. The molecular formula is C20H29ClN9O8P. The minimum absolute atomic E-state index is 0.0252. The highest BCUT2D eigenvalue weighted by Crippen LogP contribution is 2.53. The number of aromatic amines is 1. The fourth-order valence-electron chi connectivity index (χ4n) is 4.91. The van der Waals surface area contributed by atoms with Gasteiger partial charge in [0.1, 0.15) is 24.1 Å². The Balaban J connectivity index is 1.37. The first kappa shape index (κ1) is 28.2. The molecule has 1 aliphatic heterocycles. The molecule has 214 valence electrons. The number of fused-ring (bicyclic) bond motifs is 1. The summed E-state index contributed by atoms with van der Waals surface area (Å²) >= 11 is 6.19. The van der Waals surface area contributed by atoms with E-state index in [1.165, 1.54) is 18.0 Å². The van der Waals surface area contributed by atoms with Crippen LogP contribution in [0, 0.1) is 0 Å². The Morgan fingerprint density at radius 1 is 1.28 bits per heavy atom. The summed E-state index contributed by atoms with van der Waals surface area (Å²) in [6, 6.07) is 0.244. The number of tetrazole rings is 1. The molecule has 5 atom stereocenters. The van der Waals surface area contributed by atoms with E-state index in [-0.39, 0.29) is 22.8 Å². The number of rotatable bonds is 11. The van der Waals surface area contributed by atoms with Crippen LogP contribution in [0.4, 0.5) is 5.82 Å². The molecule has 3 aromatic heterocycles. The summed E-state index contributed by atoms with van der Waals surface area (Å²) in [4.78, 5) is 28.8. The lowest BCUT2D eigenvalue weighted by Crippen LogP contribution is -2.44. The standard InChI is InChI=1S/C20H29ClN9O8P/c1-36-9-20(39(33,34)35,6-13-26-28-29-27-13)37-8-12-14(31)15(32)18(38-12)30-17-11(7-22-30)16(24-19(21)25-17)23-10-4-2-3-5-10/h7,10,12,14-15,18,31-32H,2-6,8-9H2,1H3,(H,23,24,25)(H2,33,34,35)(H,26,27,28,29)/t12-,14-,15-,18-,20-/m1/s1. The predicted molar refractivity (Wildman–Crippen MR) is 133 cm³/mol. The van der Waals surface area contributed by atoms with E-state index in [0.717, 1.165) is 25.7 Å². The van der Waals surface area contributed by atoms with Gasteiger partial charge >= 0.3 is 7.60 Å². The second-order valence-electron chi connectivity index (χ2n) is 9.58. The number of anilines is 1. The number of halogens is 1. The van der Waals surface area contributed by atoms with E-state index in [4.69, 9.17) is 25.8 Å². The highest BCUT2D eigenvalue weighted by molar-refractivity contribution is 7.53. The van der Waals surface area contributed by atoms with Crippen LogP contribution in [0.25, 0.3) is 11.0 Å². The normalized spacial score (nSPS) is 25.9. The third-order valence-electron chi connectivity index (χ3n) is 6.94. The fraction of sp³-hybridized carbons (Fsp3) is 0.700. The summed E-state index contributed by atoms with van der Waals surface area (Å²) in [5.41, 5.74) is 0.273. The van der Waals surface area contributed by atoms with Crippen LogP contribution in [-0.2, 0) is 25.2 Å². The molecule has 1 aliphatic carbocycles. The first-order chi connectivity index (χ1) is 18.6. The molecule has 0 unspecified atom stereocenters. The summed E-state index contributed by atoms with van der Waals surface area (Å²) in [6.45, 7) is -1.05. The van der Waals surface area contributed by atoms with Crippen LogP contribution in [0.1, 0.15) is 37.7 Å². The molecule has 39 heavy (non-hydrogen) atoms. The zero-order chi connectivity index (χ0) is 27.8. The molecule has 5 rings (SSSR count). The molecule has 0 spiro atoms. The highest BCUT2D eigenvalue weighted by atomic mass is 35.5. The second kappa shape index (κ2) is 11.3. The van der Waals surface area contributed by atoms with E-state index >= 15 is 0 Å². The van der Waals surface area contributed by atoms with Gasteiger partial charge in [0.25, 0.3) is 0 Å². The van der Waals surface area contributed by atoms with Crippen molar-refractivity contribution >= 4 is 36.0 Å². The maximum absolute atomic E-state index is 12.5. The number of H-pyrrole nitrogens is 1. The molecule has 4 heterocycles. The van der Waals surface area contributed by atoms with E-state index in [2.05, 4.69) is 41.0 Å². The van der Waals surface area contributed by atoms with Crippen molar-refractivity contribution in [3.8, 4) is 0 Å². The van der Waals surface area contributed by atoms with Crippen molar-refractivity contribution in [3.63, 3.8) is 0 Å². The number of aromatic nitrogens is 8. The summed E-state index contributed by atoms with van der Waals surface area (Å²) in [7, 11) is -3.75. The maximum atomic E-state index is 12.5. The molecule has 6 N–H and O–H groups in total. The van der Waals surface area contributed by atoms with Gasteiger partial charge in [0.15, 0.2) is 23.0 Å². The summed E-state index contributed by atoms with van der Waals surface area (Å²) in [5.74, 6) is 0.478. The Morgan fingerprint density at radius 2 is 2.05 bits per heavy atom. The van der Waals surface area contributed by atoms with Gasteiger partial charge in [-0.1, -0.05) is 18.1 Å². The molecule has 2 aliphatic rings. The summed E-state index contributed by atoms with van der Waals surface area (Å²) < 4.78 is 30.4. The van der Waals surface area contributed by atoms with Crippen LogP contribution in [0.2, 0.25) is 5.28 Å². The third kappa shape index (κ3) is 5.64. The Labute approximate surface area is 226 Å². The largest absolute Gasteiger partial charge is 0.387 e. The number of ether oxygens (including phenoxy) is 3. The lowest BCUT2D eigenvalue weighted by atomic mass is 10.1. The number of hydrogen-bond donors (Lipinski definition) is 6. The van der Waals surface area contributed by atoms with Crippen LogP contribution >= 0.6 is 19.2 Å². The zero-order valence-electron chi connectivity index (χ0n) is 20.8. The van der Waals surface area contributed by atoms with E-state index < -0.39 is 57.1 Å². The van der Waals surface area contributed by atoms with Gasteiger partial charge in [-0.15, -0.1) is 10.2 Å². The van der Waals surface area contributed by atoms with Crippen molar-refractivity contribution in [2.75, 3.05) is 25.6 Å². The molecule has 17 nitrogen and oxygen atoms in total. The van der Waals surface area contributed by atoms with Gasteiger partial charge < -0.3 is 39.5 Å². The molecule has 0 radical (unpaired) electrons. The summed E-state index contributed by atoms with van der Waals surface area (Å²) in [5, 5.41) is 40.7. The first-order valence-electron chi connectivity index (χ1n) is 12.2. The van der Waals surface area contributed by atoms with Crippen LogP contribution in [0.15, 0.2) is 6.20 Å². The minimum Gasteiger partial charge on any atom is -0.387 e. The van der Waals surface area contributed by atoms with E-state index in [9.17, 15) is 24.6 Å². The molecule has 2 fully saturated rings. The molecule has 0 bridgehead atoms. The predicted octanol–water partition coefficient (Wildman–Crippen LogP) is -0.254. The monoisotopic (exact) mass is 589 g/mol. The average molecular weight is 590 g/mol. The number of methoxy groups -OCH3 is 1. The van der Waals surface area contributed by atoms with Crippen LogP contribution in [-0.4, -0.2) is 110 Å². The Bertz CT molecular complexity index is 1320. The van der Waals surface area contributed by atoms with Crippen molar-refractivity contribution in [1.29, 1.82) is 0 Å². The van der Waals surface area contributed by atoms with E-state index in [1.54, 1.807) is 0 Å². The van der Waals surface area contributed by atoms with Crippen LogP contribution < -0.4 is 5.32 Å². The number of aliphatic hydroxyl groups is 2. The van der Waals surface area contributed by atoms with Crippen LogP contribution in [0.5, 0.6) is 0 Å². The minimum atomic E-state index is -5.00. The number of nitrogens with zero attached hydrogens (tertiary/aromatic N) is 7. The Morgan fingerprint density at radius 3 is 2.72 bits per heavy atom. The average Bonchev–Trinajstić information content (AvgIpc) is 3.68. The third-order valence-corrected chi connectivity index (χ3v) is 8.59. The fourth-order valence-corrected chi connectivity index (χ4v) is 5.96. The molecular weight excluding hydrogens is 561 g/mol. The lowest BCUT2D eigenvalue weighted by Gasteiger charge is -2.33. The molecule has 0 amide bonds. The molecule has 0 aromatic carbocycles. The zero-order valence-corrected chi connectivity index (χ0v) is 22.4. The van der Waals surface area contributed by atoms with Crippen molar-refractivity contribution < 1.29 is 38.8 Å². The number of aliphatic hydroxyl groups excluding tert-OH is 2. The van der Waals surface area contributed by atoms with Gasteiger partial charge in [0.05, 0.1) is 31.2 Å². The molecule has 1 saturated heterocycles. The summed E-state index contributed by atoms with van der Waals surface area (Å²) in [6.07, 6.45) is -0.0925. The number of hydrogen-bond acceptors (Lipinski definition) is 13. The van der Waals surface area contributed by atoms with Crippen molar-refractivity contribution in [3.05, 3.63) is 17.3 Å². The van der Waals surface area contributed by atoms with Crippen molar-refractivity contribution in [1.82, 2.24) is 40.4 Å².